The number of carbonyl (C=O) groups excluding carboxylic acids is 11. The number of alkyl halides is 4. The lowest BCUT2D eigenvalue weighted by Crippen LogP contribution is -2.63. The van der Waals surface area contributed by atoms with Crippen molar-refractivity contribution in [2.45, 2.75) is 238 Å². The molecule has 0 bridgehead atoms. The van der Waals surface area contributed by atoms with Crippen LogP contribution in [0.1, 0.15) is 173 Å². The molecule has 2 saturated carbocycles. The molecule has 11 amide bonds. The second kappa shape index (κ2) is 34.2. The maximum absolute atomic E-state index is 14.9. The fourth-order valence-corrected chi connectivity index (χ4v) is 12.4. The molecule has 0 aromatic rings. The van der Waals surface area contributed by atoms with E-state index in [0.717, 1.165) is 40.4 Å². The summed E-state index contributed by atoms with van der Waals surface area (Å²) in [6.07, 6.45) is -0.615. The Morgan fingerprint density at radius 1 is 0.556 bits per heavy atom. The van der Waals surface area contributed by atoms with Gasteiger partial charge >= 0.3 is 6.18 Å². The second-order valence-electron chi connectivity index (χ2n) is 27.8. The van der Waals surface area contributed by atoms with Crippen LogP contribution < -0.4 is 21.3 Å². The number of rotatable bonds is 11. The Labute approximate surface area is 538 Å². The van der Waals surface area contributed by atoms with Crippen molar-refractivity contribution in [1.82, 2.24) is 55.6 Å². The number of nitrogens with one attached hydrogen (secondary N) is 4. The van der Waals surface area contributed by atoms with Gasteiger partial charge < -0.3 is 55.6 Å². The number of hydrogen-bond donors (Lipinski definition) is 4. The van der Waals surface area contributed by atoms with Crippen molar-refractivity contribution >= 4 is 76.6 Å². The van der Waals surface area contributed by atoms with Crippen LogP contribution in [-0.2, 0) is 52.7 Å². The van der Waals surface area contributed by atoms with Crippen molar-refractivity contribution in [3.8, 4) is 0 Å². The first-order valence-corrected chi connectivity index (χ1v) is 32.7. The zero-order chi connectivity index (χ0) is 68.8. The van der Waals surface area contributed by atoms with Gasteiger partial charge in [0.1, 0.15) is 47.8 Å². The molecule has 0 aromatic heterocycles. The molecule has 1 saturated heterocycles. The van der Waals surface area contributed by atoms with Crippen molar-refractivity contribution in [3.63, 3.8) is 0 Å². The molecule has 0 spiro atoms. The summed E-state index contributed by atoms with van der Waals surface area (Å²) >= 11 is 6.35. The first kappa shape index (κ1) is 78.5. The first-order valence-electron chi connectivity index (χ1n) is 32.3. The van der Waals surface area contributed by atoms with Gasteiger partial charge in [0, 0.05) is 67.2 Å². The molecule has 0 aromatic carbocycles. The van der Waals surface area contributed by atoms with Crippen LogP contribution in [0.4, 0.5) is 13.2 Å². The van der Waals surface area contributed by atoms with Crippen LogP contribution in [0.15, 0.2) is 0 Å². The minimum atomic E-state index is -4.51. The van der Waals surface area contributed by atoms with E-state index in [1.165, 1.54) is 96.6 Å². The van der Waals surface area contributed by atoms with E-state index in [-0.39, 0.29) is 81.5 Å². The summed E-state index contributed by atoms with van der Waals surface area (Å²) in [6.45, 7) is 19.6. The largest absolute Gasteiger partial charge is 0.393 e. The highest BCUT2D eigenvalue weighted by atomic mass is 35.5. The predicted octanol–water partition coefficient (Wildman–Crippen LogP) is 5.57. The molecule has 22 nitrogen and oxygen atoms in total. The van der Waals surface area contributed by atoms with Gasteiger partial charge in [-0.1, -0.05) is 80.6 Å². The van der Waals surface area contributed by atoms with Gasteiger partial charge in [0.25, 0.3) is 0 Å². The molecule has 12 atom stereocenters. The van der Waals surface area contributed by atoms with E-state index in [4.69, 9.17) is 11.6 Å². The molecule has 3 unspecified atom stereocenters. The fourth-order valence-electron chi connectivity index (χ4n) is 11.9. The third-order valence-corrected chi connectivity index (χ3v) is 19.9. The number of amides is 11. The second-order valence-corrected chi connectivity index (χ2v) is 28.4. The van der Waals surface area contributed by atoms with Crippen molar-refractivity contribution < 1.29 is 65.9 Å². The molecule has 90 heavy (non-hydrogen) atoms. The van der Waals surface area contributed by atoms with Gasteiger partial charge in [-0.05, 0) is 121 Å². The number of hydrogen-bond acceptors (Lipinski definition) is 11. The van der Waals surface area contributed by atoms with Gasteiger partial charge in [0.05, 0.1) is 19.0 Å². The van der Waals surface area contributed by atoms with Gasteiger partial charge in [-0.25, -0.2) is 0 Å². The highest BCUT2D eigenvalue weighted by molar-refractivity contribution is 6.20. The normalized spacial score (nSPS) is 30.8. The Balaban J connectivity index is 2.19. The summed E-state index contributed by atoms with van der Waals surface area (Å²) in [5, 5.41) is 10.0. The van der Waals surface area contributed by atoms with Gasteiger partial charge in [0.2, 0.25) is 65.0 Å². The lowest BCUT2D eigenvalue weighted by atomic mass is 9.78. The van der Waals surface area contributed by atoms with Crippen molar-refractivity contribution in [3.05, 3.63) is 0 Å². The van der Waals surface area contributed by atoms with E-state index in [1.807, 2.05) is 34.6 Å². The van der Waals surface area contributed by atoms with E-state index >= 15 is 0 Å². The van der Waals surface area contributed by atoms with Crippen LogP contribution in [0.5, 0.6) is 0 Å². The lowest BCUT2D eigenvalue weighted by Gasteiger charge is -2.39. The predicted molar refractivity (Wildman–Crippen MR) is 338 cm³/mol. The lowest BCUT2D eigenvalue weighted by molar-refractivity contribution is -0.182. The van der Waals surface area contributed by atoms with Gasteiger partial charge in [-0.2, -0.15) is 13.2 Å². The Morgan fingerprint density at radius 3 is 1.60 bits per heavy atom. The van der Waals surface area contributed by atoms with Crippen molar-refractivity contribution in [2.75, 3.05) is 62.4 Å². The highest BCUT2D eigenvalue weighted by Gasteiger charge is 2.48. The molecule has 26 heteroatoms. The monoisotopic (exact) mass is 1300 g/mol. The summed E-state index contributed by atoms with van der Waals surface area (Å²) in [5.74, 6) is -9.63. The molecule has 514 valence electrons. The van der Waals surface area contributed by atoms with Crippen LogP contribution in [0.3, 0.4) is 0 Å². The Hall–Kier alpha value is -5.75. The minimum absolute atomic E-state index is 0.0124. The summed E-state index contributed by atoms with van der Waals surface area (Å²) in [7, 11) is 9.90. The van der Waals surface area contributed by atoms with Gasteiger partial charge in [-0.3, -0.25) is 52.7 Å². The Kier molecular flexibility index (Phi) is 29.9. The summed E-state index contributed by atoms with van der Waals surface area (Å²) in [4.78, 5) is 167. The average molecular weight is 1300 g/mol. The van der Waals surface area contributed by atoms with Gasteiger partial charge in [0.15, 0.2) is 0 Å². The van der Waals surface area contributed by atoms with E-state index in [2.05, 4.69) is 28.2 Å². The van der Waals surface area contributed by atoms with E-state index in [0.29, 0.717) is 12.3 Å². The van der Waals surface area contributed by atoms with E-state index in [9.17, 15) is 65.9 Å². The van der Waals surface area contributed by atoms with Crippen molar-refractivity contribution in [2.24, 2.45) is 41.4 Å². The van der Waals surface area contributed by atoms with Crippen LogP contribution in [0, 0.1) is 41.4 Å². The number of carbonyl (C=O) groups is 11. The SMILES string of the molecule is CC[C@H](C)[C@@H]1NC(=O)[C@H](C)N(C)C(=O)C[C@@H](C)N(C)C(=O)[C@H](CC(C)C)NC(=O)C(C)(C)N(C)C(=O)[C@H](CC(C)C)NC(=O)[C@H](CCC2CCC(C(F)(F)F)C(Cl)C2)NC(=O)[C@@H](C)N(C)C(=O)[C@H](CC2CCC(C)CC2)N(C)C(=O)CN(C)C(=O)CN(C)C1=O. The molecule has 1 heterocycles. The molecular formula is C64H109ClF3N11O11. The van der Waals surface area contributed by atoms with Crippen LogP contribution >= 0.6 is 11.6 Å². The zero-order valence-electron chi connectivity index (χ0n) is 57.2. The topological polar surface area (TPSA) is 259 Å². The molecule has 2 aliphatic carbocycles. The minimum Gasteiger partial charge on any atom is -0.343 e. The summed E-state index contributed by atoms with van der Waals surface area (Å²) < 4.78 is 41.7. The molecule has 3 fully saturated rings. The molecular weight excluding hydrogens is 1190 g/mol. The maximum atomic E-state index is 14.9. The van der Waals surface area contributed by atoms with E-state index < -0.39 is 155 Å². The molecule has 4 N–H and O–H groups in total. The smallest absolute Gasteiger partial charge is 0.343 e. The van der Waals surface area contributed by atoms with Crippen LogP contribution in [-0.4, -0.2) is 227 Å². The van der Waals surface area contributed by atoms with E-state index in [1.54, 1.807) is 13.8 Å². The third-order valence-electron chi connectivity index (χ3n) is 19.5. The van der Waals surface area contributed by atoms with Gasteiger partial charge in [-0.15, -0.1) is 11.6 Å². The zero-order valence-corrected chi connectivity index (χ0v) is 57.9. The standard InChI is InChI=1S/C64H109ClF3N11O11/c1-20-39(7)54-61(89)74(14)34-52(81)73(13)35-53(82)78(18)50(33-44-23-21-38(6)22-24-44)60(88)77(17)42(10)55(83)69-47(28-26-43-25-27-45(46(65)32-43)64(66,67)68)57(85)70-49(30-37(4)5)59(87)79(19)63(11,12)62(90)71-48(29-36(2)3)58(86)75(15)40(8)31-51(80)76(16)41(9)56(84)72-54/h36-50,54H,20-35H2,1-19H3,(H,69,83)(H,70,85)(H,71,90)(H,72,84)/t38?,39-,40+,41-,42+,43?,44?,45?,46?,47-,48-,49-,50-,54-/m0/s1. The summed E-state index contributed by atoms with van der Waals surface area (Å²) in [6, 6.07) is -9.27. The van der Waals surface area contributed by atoms with Crippen LogP contribution in [0.25, 0.3) is 0 Å². The maximum Gasteiger partial charge on any atom is 0.393 e. The highest BCUT2D eigenvalue weighted by Crippen LogP contribution is 2.43. The summed E-state index contributed by atoms with van der Waals surface area (Å²) in [5.41, 5.74) is -1.68. The number of halogens is 4. The molecule has 3 aliphatic rings. The van der Waals surface area contributed by atoms with Crippen LogP contribution in [0.2, 0.25) is 0 Å². The number of nitrogens with zero attached hydrogens (tertiary/aromatic N) is 7. The molecule has 0 radical (unpaired) electrons. The molecule has 3 rings (SSSR count). The average Bonchev–Trinajstić information content (AvgIpc) is 1.07. The van der Waals surface area contributed by atoms with Crippen molar-refractivity contribution in [1.29, 1.82) is 0 Å². The fraction of sp³-hybridized carbons (Fsp3) is 0.828. The Bertz CT molecular complexity index is 2520. The quantitative estimate of drug-likeness (QED) is 0.186. The third kappa shape index (κ3) is 21.7. The first-order chi connectivity index (χ1) is 41.6. The number of likely N-dealkylation sites (N-methyl/N-ethyl adjacent to an activating group) is 7. The Morgan fingerprint density at radius 2 is 1.07 bits per heavy atom. The molecule has 1 aliphatic heterocycles.